The third-order valence-electron chi connectivity index (χ3n) is 5.64. The minimum absolute atomic E-state index is 0.222. The molecule has 1 atom stereocenters. The molecule has 3 rings (SSSR count). The quantitative estimate of drug-likeness (QED) is 0.701. The highest BCUT2D eigenvalue weighted by Crippen LogP contribution is 2.23. The zero-order valence-corrected chi connectivity index (χ0v) is 17.9. The van der Waals surface area contributed by atoms with E-state index in [9.17, 15) is 5.11 Å². The minimum Gasteiger partial charge on any atom is -0.496 e. The van der Waals surface area contributed by atoms with E-state index in [1.807, 2.05) is 25.1 Å². The topological polar surface area (TPSA) is 45.2 Å². The molecule has 0 bridgehead atoms. The number of methoxy groups -OCH3 is 1. The van der Waals surface area contributed by atoms with E-state index in [0.717, 1.165) is 56.2 Å². The van der Waals surface area contributed by atoms with Crippen LogP contribution in [0.1, 0.15) is 30.0 Å². The summed E-state index contributed by atoms with van der Waals surface area (Å²) in [6, 6.07) is 15.2. The molecule has 0 spiro atoms. The number of aliphatic hydroxyl groups excluding tert-OH is 1. The van der Waals surface area contributed by atoms with Gasteiger partial charge in [0.05, 0.1) is 13.7 Å². The van der Waals surface area contributed by atoms with Gasteiger partial charge < -0.3 is 14.6 Å². The summed E-state index contributed by atoms with van der Waals surface area (Å²) in [5.41, 5.74) is 3.76. The summed E-state index contributed by atoms with van der Waals surface area (Å²) in [7, 11) is 1.71. The Labute approximate surface area is 174 Å². The predicted molar refractivity (Wildman–Crippen MR) is 117 cm³/mol. The number of ether oxygens (including phenoxy) is 2. The lowest BCUT2D eigenvalue weighted by atomic mass is 10.0. The standard InChI is InChI=1S/C24H34N2O3/c1-4-29-23-8-5-20(6-9-23)16-25-12-13-26(22(18-25)11-14-27)17-21-7-10-24(28-3)19(2)15-21/h5-10,15,22,27H,4,11-14,16-18H2,1-3H3. The lowest BCUT2D eigenvalue weighted by Gasteiger charge is -2.41. The van der Waals surface area contributed by atoms with Gasteiger partial charge >= 0.3 is 0 Å². The van der Waals surface area contributed by atoms with Crippen molar-refractivity contribution in [3.63, 3.8) is 0 Å². The average molecular weight is 399 g/mol. The fourth-order valence-corrected chi connectivity index (χ4v) is 4.12. The third kappa shape index (κ3) is 5.95. The second-order valence-corrected chi connectivity index (χ2v) is 7.75. The Hall–Kier alpha value is -2.08. The maximum absolute atomic E-state index is 9.60. The first-order valence-corrected chi connectivity index (χ1v) is 10.6. The van der Waals surface area contributed by atoms with Crippen molar-refractivity contribution in [2.24, 2.45) is 0 Å². The number of benzene rings is 2. The Morgan fingerprint density at radius 1 is 1.03 bits per heavy atom. The fraction of sp³-hybridized carbons (Fsp3) is 0.500. The molecule has 29 heavy (non-hydrogen) atoms. The van der Waals surface area contributed by atoms with Crippen LogP contribution in [0, 0.1) is 6.92 Å². The zero-order valence-electron chi connectivity index (χ0n) is 17.9. The smallest absolute Gasteiger partial charge is 0.121 e. The maximum Gasteiger partial charge on any atom is 0.121 e. The highest BCUT2D eigenvalue weighted by molar-refractivity contribution is 5.36. The van der Waals surface area contributed by atoms with Gasteiger partial charge in [-0.05, 0) is 55.2 Å². The van der Waals surface area contributed by atoms with Gasteiger partial charge in [-0.1, -0.05) is 24.3 Å². The van der Waals surface area contributed by atoms with E-state index in [2.05, 4.69) is 41.0 Å². The van der Waals surface area contributed by atoms with Gasteiger partial charge in [-0.15, -0.1) is 0 Å². The molecule has 2 aromatic rings. The SMILES string of the molecule is CCOc1ccc(CN2CCN(Cc3ccc(OC)c(C)c3)C(CCO)C2)cc1. The van der Waals surface area contributed by atoms with Crippen molar-refractivity contribution in [2.75, 3.05) is 40.0 Å². The van der Waals surface area contributed by atoms with Gasteiger partial charge in [-0.3, -0.25) is 9.80 Å². The number of hydrogen-bond donors (Lipinski definition) is 1. The summed E-state index contributed by atoms with van der Waals surface area (Å²) in [6.45, 7) is 9.86. The van der Waals surface area contributed by atoms with Crippen LogP contribution in [0.3, 0.4) is 0 Å². The Bertz CT molecular complexity index is 763. The van der Waals surface area contributed by atoms with E-state index in [1.54, 1.807) is 7.11 Å². The van der Waals surface area contributed by atoms with Crippen LogP contribution in [0.5, 0.6) is 11.5 Å². The van der Waals surface area contributed by atoms with Crippen LogP contribution in [0.25, 0.3) is 0 Å². The lowest BCUT2D eigenvalue weighted by Crippen LogP contribution is -2.52. The first kappa shape index (κ1) is 21.6. The first-order valence-electron chi connectivity index (χ1n) is 10.6. The summed E-state index contributed by atoms with van der Waals surface area (Å²) in [4.78, 5) is 5.00. The molecule has 2 aromatic carbocycles. The number of hydrogen-bond acceptors (Lipinski definition) is 5. The molecule has 0 aromatic heterocycles. The largest absolute Gasteiger partial charge is 0.496 e. The van der Waals surface area contributed by atoms with Crippen molar-refractivity contribution in [2.45, 2.75) is 39.4 Å². The fourth-order valence-electron chi connectivity index (χ4n) is 4.12. The van der Waals surface area contributed by atoms with Crippen molar-refractivity contribution in [3.05, 3.63) is 59.2 Å². The van der Waals surface area contributed by atoms with Gasteiger partial charge in [0.1, 0.15) is 11.5 Å². The minimum atomic E-state index is 0.222. The van der Waals surface area contributed by atoms with Gasteiger partial charge in [0.2, 0.25) is 0 Å². The van der Waals surface area contributed by atoms with Crippen LogP contribution in [0.2, 0.25) is 0 Å². The number of piperazine rings is 1. The van der Waals surface area contributed by atoms with Gasteiger partial charge in [0, 0.05) is 45.4 Å². The summed E-state index contributed by atoms with van der Waals surface area (Å²) in [6.07, 6.45) is 0.801. The number of aryl methyl sites for hydroxylation is 1. The molecule has 1 aliphatic heterocycles. The average Bonchev–Trinajstić information content (AvgIpc) is 2.72. The van der Waals surface area contributed by atoms with Crippen molar-refractivity contribution in [1.82, 2.24) is 9.80 Å². The Balaban J connectivity index is 1.60. The molecule has 1 heterocycles. The summed E-state index contributed by atoms with van der Waals surface area (Å²) in [5, 5.41) is 9.60. The summed E-state index contributed by atoms with van der Waals surface area (Å²) < 4.78 is 10.9. The number of rotatable bonds is 9. The molecule has 0 radical (unpaired) electrons. The Kier molecular flexibility index (Phi) is 7.92. The highest BCUT2D eigenvalue weighted by atomic mass is 16.5. The molecule has 1 aliphatic rings. The molecule has 0 aliphatic carbocycles. The molecular weight excluding hydrogens is 364 g/mol. The highest BCUT2D eigenvalue weighted by Gasteiger charge is 2.26. The normalized spacial score (nSPS) is 18.0. The number of aliphatic hydroxyl groups is 1. The van der Waals surface area contributed by atoms with Gasteiger partial charge in [0.25, 0.3) is 0 Å². The molecule has 0 amide bonds. The Morgan fingerprint density at radius 3 is 2.45 bits per heavy atom. The van der Waals surface area contributed by atoms with E-state index >= 15 is 0 Å². The van der Waals surface area contributed by atoms with E-state index in [-0.39, 0.29) is 6.61 Å². The van der Waals surface area contributed by atoms with Crippen LogP contribution in [-0.2, 0) is 13.1 Å². The van der Waals surface area contributed by atoms with E-state index < -0.39 is 0 Å². The van der Waals surface area contributed by atoms with Gasteiger partial charge in [-0.25, -0.2) is 0 Å². The van der Waals surface area contributed by atoms with Crippen molar-refractivity contribution < 1.29 is 14.6 Å². The van der Waals surface area contributed by atoms with Crippen LogP contribution >= 0.6 is 0 Å². The van der Waals surface area contributed by atoms with Gasteiger partial charge in [-0.2, -0.15) is 0 Å². The van der Waals surface area contributed by atoms with E-state index in [1.165, 1.54) is 11.1 Å². The maximum atomic E-state index is 9.60. The van der Waals surface area contributed by atoms with Crippen molar-refractivity contribution in [1.29, 1.82) is 0 Å². The monoisotopic (exact) mass is 398 g/mol. The molecule has 1 saturated heterocycles. The third-order valence-corrected chi connectivity index (χ3v) is 5.64. The first-order chi connectivity index (χ1) is 14.1. The summed E-state index contributed by atoms with van der Waals surface area (Å²) in [5.74, 6) is 1.86. The molecule has 5 nitrogen and oxygen atoms in total. The molecule has 1 N–H and O–H groups in total. The van der Waals surface area contributed by atoms with Crippen LogP contribution in [-0.4, -0.2) is 60.9 Å². The second kappa shape index (κ2) is 10.6. The molecule has 0 saturated carbocycles. The van der Waals surface area contributed by atoms with E-state index in [4.69, 9.17) is 9.47 Å². The zero-order chi connectivity index (χ0) is 20.6. The van der Waals surface area contributed by atoms with Crippen LogP contribution in [0.15, 0.2) is 42.5 Å². The second-order valence-electron chi connectivity index (χ2n) is 7.75. The van der Waals surface area contributed by atoms with Crippen LogP contribution in [0.4, 0.5) is 0 Å². The van der Waals surface area contributed by atoms with Crippen LogP contribution < -0.4 is 9.47 Å². The van der Waals surface area contributed by atoms with Crippen molar-refractivity contribution in [3.8, 4) is 11.5 Å². The molecule has 1 fully saturated rings. The van der Waals surface area contributed by atoms with Crippen molar-refractivity contribution >= 4 is 0 Å². The molecule has 5 heteroatoms. The molecular formula is C24H34N2O3. The molecule has 1 unspecified atom stereocenters. The predicted octanol–water partition coefficient (Wildman–Crippen LogP) is 3.47. The lowest BCUT2D eigenvalue weighted by molar-refractivity contribution is 0.0499. The summed E-state index contributed by atoms with van der Waals surface area (Å²) >= 11 is 0. The Morgan fingerprint density at radius 2 is 1.79 bits per heavy atom. The number of nitrogens with zero attached hydrogens (tertiary/aromatic N) is 2. The molecule has 158 valence electrons. The van der Waals surface area contributed by atoms with Gasteiger partial charge in [0.15, 0.2) is 0 Å². The van der Waals surface area contributed by atoms with E-state index in [0.29, 0.717) is 12.6 Å².